The number of amides is 2. The fraction of sp³-hybridized carbons (Fsp3) is 0.385. The van der Waals surface area contributed by atoms with E-state index < -0.39 is 29.7 Å². The summed E-state index contributed by atoms with van der Waals surface area (Å²) in [5, 5.41) is 22.0. The van der Waals surface area contributed by atoms with E-state index in [1.54, 1.807) is 0 Å². The number of carboxylic acid groups (broad SMARTS) is 1. The number of nitrogens with one attached hydrogen (secondary N) is 2. The molecule has 1 unspecified atom stereocenters. The van der Waals surface area contributed by atoms with Gasteiger partial charge < -0.3 is 20.8 Å². The molecule has 1 atom stereocenters. The van der Waals surface area contributed by atoms with E-state index in [0.29, 0.717) is 5.56 Å². The molecule has 0 aliphatic heterocycles. The Morgan fingerprint density at radius 3 is 2.33 bits per heavy atom. The van der Waals surface area contributed by atoms with Crippen LogP contribution < -0.4 is 10.6 Å². The average molecular weight is 302 g/mol. The summed E-state index contributed by atoms with van der Waals surface area (Å²) in [5.41, 5.74) is 0.373. The minimum absolute atomic E-state index is 0.0835. The van der Waals surface area contributed by atoms with E-state index in [0.717, 1.165) is 18.2 Å². The van der Waals surface area contributed by atoms with Gasteiger partial charge in [0, 0.05) is 25.6 Å². The predicted molar refractivity (Wildman–Crippen MR) is 69.7 cm³/mol. The molecule has 1 rings (SSSR count). The molecule has 0 fully saturated rings. The number of aliphatic hydroxyl groups excluding tert-OH is 1. The van der Waals surface area contributed by atoms with Crippen LogP contribution >= 0.6 is 0 Å². The van der Waals surface area contributed by atoms with E-state index in [2.05, 4.69) is 10.6 Å². The number of carbonyl (C=O) groups is 2. The number of halogens is 2. The Balaban J connectivity index is 2.40. The lowest BCUT2D eigenvalue weighted by molar-refractivity contribution is -0.139. The minimum Gasteiger partial charge on any atom is -0.480 e. The van der Waals surface area contributed by atoms with Gasteiger partial charge in [-0.25, -0.2) is 18.4 Å². The maximum atomic E-state index is 12.9. The van der Waals surface area contributed by atoms with Crippen molar-refractivity contribution in [3.05, 3.63) is 35.4 Å². The van der Waals surface area contributed by atoms with Crippen LogP contribution in [0, 0.1) is 11.6 Å². The highest BCUT2D eigenvalue weighted by Crippen LogP contribution is 2.08. The number of urea groups is 1. The number of hydrogen-bond donors (Lipinski definition) is 4. The van der Waals surface area contributed by atoms with Crippen LogP contribution in [-0.4, -0.2) is 41.4 Å². The third-order valence-corrected chi connectivity index (χ3v) is 2.64. The van der Waals surface area contributed by atoms with E-state index in [-0.39, 0.29) is 26.0 Å². The maximum Gasteiger partial charge on any atom is 0.326 e. The number of aliphatic carboxylic acids is 1. The van der Waals surface area contributed by atoms with Gasteiger partial charge in [-0.2, -0.15) is 0 Å². The fourth-order valence-corrected chi connectivity index (χ4v) is 1.67. The number of carboxylic acids is 1. The van der Waals surface area contributed by atoms with Gasteiger partial charge in [-0.15, -0.1) is 0 Å². The first-order valence-corrected chi connectivity index (χ1v) is 6.25. The molecule has 0 aromatic heterocycles. The van der Waals surface area contributed by atoms with E-state index in [4.69, 9.17) is 10.2 Å². The normalized spacial score (nSPS) is 11.8. The molecule has 0 aliphatic carbocycles. The van der Waals surface area contributed by atoms with Crippen molar-refractivity contribution < 1.29 is 28.6 Å². The Morgan fingerprint density at radius 1 is 1.19 bits per heavy atom. The molecule has 0 aliphatic rings. The zero-order valence-electron chi connectivity index (χ0n) is 11.1. The van der Waals surface area contributed by atoms with Crippen LogP contribution in [0.3, 0.4) is 0 Å². The smallest absolute Gasteiger partial charge is 0.326 e. The van der Waals surface area contributed by atoms with E-state index in [1.165, 1.54) is 0 Å². The molecule has 1 aromatic carbocycles. The molecule has 0 saturated heterocycles. The van der Waals surface area contributed by atoms with Gasteiger partial charge >= 0.3 is 12.0 Å². The van der Waals surface area contributed by atoms with E-state index >= 15 is 0 Å². The topological polar surface area (TPSA) is 98.7 Å². The van der Waals surface area contributed by atoms with Crippen LogP contribution in [0.5, 0.6) is 0 Å². The van der Waals surface area contributed by atoms with E-state index in [1.807, 2.05) is 0 Å². The first-order chi connectivity index (χ1) is 9.92. The molecular formula is C13H16F2N2O4. The first kappa shape index (κ1) is 16.8. The average Bonchev–Trinajstić information content (AvgIpc) is 2.36. The number of hydrogen-bond acceptors (Lipinski definition) is 3. The van der Waals surface area contributed by atoms with Crippen LogP contribution in [0.4, 0.5) is 13.6 Å². The molecular weight excluding hydrogens is 286 g/mol. The quantitative estimate of drug-likeness (QED) is 0.594. The molecule has 0 saturated carbocycles. The van der Waals surface area contributed by atoms with Crippen LogP contribution in [-0.2, 0) is 11.2 Å². The maximum absolute atomic E-state index is 12.9. The summed E-state index contributed by atoms with van der Waals surface area (Å²) in [4.78, 5) is 22.2. The second kappa shape index (κ2) is 8.15. The van der Waals surface area contributed by atoms with Gasteiger partial charge in [-0.1, -0.05) is 0 Å². The third kappa shape index (κ3) is 6.17. The van der Waals surface area contributed by atoms with Crippen molar-refractivity contribution in [2.24, 2.45) is 0 Å². The Bertz CT molecular complexity index is 491. The number of benzene rings is 1. The summed E-state index contributed by atoms with van der Waals surface area (Å²) >= 11 is 0. The molecule has 116 valence electrons. The molecule has 21 heavy (non-hydrogen) atoms. The molecule has 2 amide bonds. The largest absolute Gasteiger partial charge is 0.480 e. The zero-order chi connectivity index (χ0) is 15.8. The standard InChI is InChI=1S/C13H16F2N2O4/c14-9-5-8(6-10(15)7-9)1-3-16-13(21)17-11(2-4-18)12(19)20/h5-7,11,18H,1-4H2,(H,19,20)(H2,16,17,21). The van der Waals surface area contributed by atoms with Crippen molar-refractivity contribution in [1.29, 1.82) is 0 Å². The lowest BCUT2D eigenvalue weighted by atomic mass is 10.1. The number of carbonyl (C=O) groups excluding carboxylic acids is 1. The first-order valence-electron chi connectivity index (χ1n) is 6.25. The van der Waals surface area contributed by atoms with Crippen molar-refractivity contribution in [2.75, 3.05) is 13.2 Å². The Morgan fingerprint density at radius 2 is 1.81 bits per heavy atom. The van der Waals surface area contributed by atoms with Crippen LogP contribution in [0.25, 0.3) is 0 Å². The summed E-state index contributed by atoms with van der Waals surface area (Å²) < 4.78 is 25.9. The summed E-state index contributed by atoms with van der Waals surface area (Å²) in [6.07, 6.45) is 0.0811. The van der Waals surface area contributed by atoms with Crippen LogP contribution in [0.1, 0.15) is 12.0 Å². The van der Waals surface area contributed by atoms with Gasteiger partial charge in [0.15, 0.2) is 0 Å². The second-order valence-electron chi connectivity index (χ2n) is 4.33. The molecule has 4 N–H and O–H groups in total. The SMILES string of the molecule is O=C(NCCc1cc(F)cc(F)c1)NC(CCO)C(=O)O. The minimum atomic E-state index is -1.26. The van der Waals surface area contributed by atoms with Crippen LogP contribution in [0.15, 0.2) is 18.2 Å². The van der Waals surface area contributed by atoms with Gasteiger partial charge in [0.05, 0.1) is 0 Å². The van der Waals surface area contributed by atoms with Crippen molar-refractivity contribution >= 4 is 12.0 Å². The third-order valence-electron chi connectivity index (χ3n) is 2.64. The van der Waals surface area contributed by atoms with Crippen molar-refractivity contribution in [3.63, 3.8) is 0 Å². The van der Waals surface area contributed by atoms with Gasteiger partial charge in [-0.05, 0) is 24.1 Å². The molecule has 0 heterocycles. The Kier molecular flexibility index (Phi) is 6.54. The summed E-state index contributed by atoms with van der Waals surface area (Å²) in [5.74, 6) is -2.67. The van der Waals surface area contributed by atoms with Gasteiger partial charge in [0.1, 0.15) is 17.7 Å². The van der Waals surface area contributed by atoms with Crippen molar-refractivity contribution in [1.82, 2.24) is 10.6 Å². The van der Waals surface area contributed by atoms with Crippen molar-refractivity contribution in [3.8, 4) is 0 Å². The van der Waals surface area contributed by atoms with Gasteiger partial charge in [0.2, 0.25) is 0 Å². The molecule has 8 heteroatoms. The Hall–Kier alpha value is -2.22. The lowest BCUT2D eigenvalue weighted by Gasteiger charge is -2.14. The fourth-order valence-electron chi connectivity index (χ4n) is 1.67. The van der Waals surface area contributed by atoms with Crippen molar-refractivity contribution in [2.45, 2.75) is 18.9 Å². The molecule has 0 bridgehead atoms. The lowest BCUT2D eigenvalue weighted by Crippen LogP contribution is -2.46. The summed E-state index contributed by atoms with van der Waals surface area (Å²) in [6.45, 7) is -0.292. The molecule has 1 aromatic rings. The highest BCUT2D eigenvalue weighted by molar-refractivity contribution is 5.82. The molecule has 6 nitrogen and oxygen atoms in total. The summed E-state index contributed by atoms with van der Waals surface area (Å²) in [7, 11) is 0. The zero-order valence-corrected chi connectivity index (χ0v) is 11.1. The highest BCUT2D eigenvalue weighted by Gasteiger charge is 2.18. The molecule has 0 radical (unpaired) electrons. The molecule has 0 spiro atoms. The predicted octanol–water partition coefficient (Wildman–Crippen LogP) is 0.642. The van der Waals surface area contributed by atoms with Gasteiger partial charge in [-0.3, -0.25) is 0 Å². The number of aliphatic hydroxyl groups is 1. The van der Waals surface area contributed by atoms with Gasteiger partial charge in [0.25, 0.3) is 0 Å². The Labute approximate surface area is 119 Å². The van der Waals surface area contributed by atoms with Crippen LogP contribution in [0.2, 0.25) is 0 Å². The second-order valence-corrected chi connectivity index (χ2v) is 4.33. The number of rotatable bonds is 7. The van der Waals surface area contributed by atoms with E-state index in [9.17, 15) is 18.4 Å². The highest BCUT2D eigenvalue weighted by atomic mass is 19.1. The summed E-state index contributed by atoms with van der Waals surface area (Å²) in [6, 6.07) is 1.12. The monoisotopic (exact) mass is 302 g/mol.